The smallest absolute Gasteiger partial charge is 0.258 e. The van der Waals surface area contributed by atoms with Crippen LogP contribution in [-0.2, 0) is 16.4 Å². The van der Waals surface area contributed by atoms with Crippen LogP contribution in [0.1, 0.15) is 54.1 Å². The van der Waals surface area contributed by atoms with Crippen LogP contribution in [0.2, 0.25) is 0 Å². The van der Waals surface area contributed by atoms with Gasteiger partial charge in [0.25, 0.3) is 5.91 Å². The number of amides is 1. The molecule has 4 rings (SSSR count). The summed E-state index contributed by atoms with van der Waals surface area (Å²) in [6.07, 6.45) is 4.15. The second-order valence-corrected chi connectivity index (χ2v) is 10.2. The number of anilines is 1. The Morgan fingerprint density at radius 2 is 1.90 bits per heavy atom. The van der Waals surface area contributed by atoms with E-state index in [1.807, 2.05) is 19.9 Å². The van der Waals surface area contributed by atoms with Crippen molar-refractivity contribution in [3.05, 3.63) is 58.9 Å². The van der Waals surface area contributed by atoms with Gasteiger partial charge in [0.1, 0.15) is 5.82 Å². The highest BCUT2D eigenvalue weighted by Gasteiger charge is 2.32. The van der Waals surface area contributed by atoms with E-state index in [1.54, 1.807) is 12.1 Å². The van der Waals surface area contributed by atoms with Crippen molar-refractivity contribution in [3.63, 3.8) is 0 Å². The molecule has 30 heavy (non-hydrogen) atoms. The van der Waals surface area contributed by atoms with E-state index >= 15 is 0 Å². The van der Waals surface area contributed by atoms with Gasteiger partial charge in [-0.15, -0.1) is 0 Å². The Labute approximate surface area is 177 Å². The fourth-order valence-electron chi connectivity index (χ4n) is 4.55. The molecular formula is C23H27FN2O3S. The first-order chi connectivity index (χ1) is 14.3. The highest BCUT2D eigenvalue weighted by atomic mass is 32.2. The van der Waals surface area contributed by atoms with Crippen LogP contribution in [0, 0.1) is 12.7 Å². The van der Waals surface area contributed by atoms with Gasteiger partial charge in [-0.2, -0.15) is 4.31 Å². The summed E-state index contributed by atoms with van der Waals surface area (Å²) in [5.74, 6) is -0.786. The molecule has 0 saturated carbocycles. The molecule has 0 aliphatic carbocycles. The summed E-state index contributed by atoms with van der Waals surface area (Å²) in [4.78, 5) is 14.8. The van der Waals surface area contributed by atoms with Crippen LogP contribution in [0.25, 0.3) is 0 Å². The molecule has 1 unspecified atom stereocenters. The SMILES string of the molecule is Cc1cc(F)c2c(c1)CCCN2C(=O)c1cccc(S(=O)(=O)N2CCCCC2C)c1. The molecule has 2 heterocycles. The van der Waals surface area contributed by atoms with Crippen molar-refractivity contribution in [1.29, 1.82) is 0 Å². The Bertz CT molecular complexity index is 1080. The minimum absolute atomic E-state index is 0.0607. The fourth-order valence-corrected chi connectivity index (χ4v) is 6.30. The maximum absolute atomic E-state index is 14.7. The Kier molecular flexibility index (Phi) is 5.68. The van der Waals surface area contributed by atoms with Crippen molar-refractivity contribution in [2.45, 2.75) is 56.9 Å². The maximum Gasteiger partial charge on any atom is 0.258 e. The molecule has 5 nitrogen and oxygen atoms in total. The Hall–Kier alpha value is -2.25. The summed E-state index contributed by atoms with van der Waals surface area (Å²) in [5, 5.41) is 0. The number of sulfonamides is 1. The van der Waals surface area contributed by atoms with E-state index in [4.69, 9.17) is 0 Å². The Balaban J connectivity index is 1.68. The van der Waals surface area contributed by atoms with E-state index in [2.05, 4.69) is 0 Å². The van der Waals surface area contributed by atoms with Crippen molar-refractivity contribution in [2.75, 3.05) is 18.0 Å². The Morgan fingerprint density at radius 3 is 2.67 bits per heavy atom. The van der Waals surface area contributed by atoms with Crippen molar-refractivity contribution < 1.29 is 17.6 Å². The van der Waals surface area contributed by atoms with Crippen molar-refractivity contribution in [2.24, 2.45) is 0 Å². The Morgan fingerprint density at radius 1 is 1.10 bits per heavy atom. The van der Waals surface area contributed by atoms with Crippen molar-refractivity contribution in [3.8, 4) is 0 Å². The minimum Gasteiger partial charge on any atom is -0.305 e. The number of piperidine rings is 1. The quantitative estimate of drug-likeness (QED) is 0.730. The van der Waals surface area contributed by atoms with E-state index in [0.717, 1.165) is 43.2 Å². The number of nitrogens with zero attached hydrogens (tertiary/aromatic N) is 2. The van der Waals surface area contributed by atoms with Crippen LogP contribution in [0.4, 0.5) is 10.1 Å². The number of aryl methyl sites for hydroxylation is 2. The van der Waals surface area contributed by atoms with Crippen LogP contribution >= 0.6 is 0 Å². The lowest BCUT2D eigenvalue weighted by atomic mass is 9.98. The van der Waals surface area contributed by atoms with Crippen LogP contribution in [-0.4, -0.2) is 37.8 Å². The number of benzene rings is 2. The number of halogens is 1. The molecule has 1 atom stereocenters. The van der Waals surface area contributed by atoms with Crippen LogP contribution < -0.4 is 4.90 Å². The molecule has 1 amide bonds. The zero-order valence-corrected chi connectivity index (χ0v) is 18.2. The summed E-state index contributed by atoms with van der Waals surface area (Å²) >= 11 is 0. The van der Waals surface area contributed by atoms with Crippen LogP contribution in [0.3, 0.4) is 0 Å². The molecular weight excluding hydrogens is 403 g/mol. The lowest BCUT2D eigenvalue weighted by molar-refractivity contribution is 0.0984. The molecule has 0 bridgehead atoms. The standard InChI is InChI=1S/C23H27FN2O3S/c1-16-13-18-9-6-11-25(22(18)21(24)14-16)23(27)19-8-5-10-20(15-19)30(28,29)26-12-4-3-7-17(26)2/h5,8,10,13-15,17H,3-4,6-7,9,11-12H2,1-2H3. The molecule has 0 radical (unpaired) electrons. The monoisotopic (exact) mass is 430 g/mol. The molecule has 2 aliphatic heterocycles. The number of hydrogen-bond acceptors (Lipinski definition) is 3. The first-order valence-electron chi connectivity index (χ1n) is 10.5. The van der Waals surface area contributed by atoms with Crippen LogP contribution in [0.5, 0.6) is 0 Å². The lowest BCUT2D eigenvalue weighted by Gasteiger charge is -2.32. The average molecular weight is 431 g/mol. The lowest BCUT2D eigenvalue weighted by Crippen LogP contribution is -2.42. The molecule has 1 fully saturated rings. The van der Waals surface area contributed by atoms with Crippen LogP contribution in [0.15, 0.2) is 41.3 Å². The molecule has 160 valence electrons. The normalized spacial score (nSPS) is 20.1. The van der Waals surface area contributed by atoms with E-state index in [1.165, 1.54) is 27.4 Å². The molecule has 2 aromatic carbocycles. The highest BCUT2D eigenvalue weighted by molar-refractivity contribution is 7.89. The summed E-state index contributed by atoms with van der Waals surface area (Å²) in [6, 6.07) is 9.43. The second-order valence-electron chi connectivity index (χ2n) is 8.30. The van der Waals surface area contributed by atoms with Gasteiger partial charge in [0, 0.05) is 24.7 Å². The van der Waals surface area contributed by atoms with Gasteiger partial charge >= 0.3 is 0 Å². The molecule has 2 aliphatic rings. The zero-order chi connectivity index (χ0) is 21.5. The van der Waals surface area contributed by atoms with Gasteiger partial charge in [0.05, 0.1) is 10.6 Å². The predicted octanol–water partition coefficient (Wildman–Crippen LogP) is 4.29. The number of carbonyl (C=O) groups is 1. The first kappa shape index (κ1) is 21.0. The number of rotatable bonds is 3. The summed E-state index contributed by atoms with van der Waals surface area (Å²) in [6.45, 7) is 4.65. The highest BCUT2D eigenvalue weighted by Crippen LogP contribution is 2.33. The van der Waals surface area contributed by atoms with Crippen molar-refractivity contribution in [1.82, 2.24) is 4.31 Å². The first-order valence-corrected chi connectivity index (χ1v) is 12.0. The molecule has 0 N–H and O–H groups in total. The number of carbonyl (C=O) groups excluding carboxylic acids is 1. The third-order valence-corrected chi connectivity index (χ3v) is 8.07. The van der Waals surface area contributed by atoms with Gasteiger partial charge < -0.3 is 4.90 Å². The largest absolute Gasteiger partial charge is 0.305 e. The number of fused-ring (bicyclic) bond motifs is 1. The minimum atomic E-state index is -3.68. The van der Waals surface area contributed by atoms with E-state index in [9.17, 15) is 17.6 Å². The molecule has 1 saturated heterocycles. The molecule has 2 aromatic rings. The number of hydrogen-bond donors (Lipinski definition) is 0. The van der Waals surface area contributed by atoms with Gasteiger partial charge in [-0.05, 0) is 74.9 Å². The van der Waals surface area contributed by atoms with Gasteiger partial charge in [-0.25, -0.2) is 12.8 Å². The summed E-state index contributed by atoms with van der Waals surface area (Å²) in [7, 11) is -3.68. The third kappa shape index (κ3) is 3.76. The van der Waals surface area contributed by atoms with E-state index in [0.29, 0.717) is 18.8 Å². The van der Waals surface area contributed by atoms with E-state index in [-0.39, 0.29) is 22.4 Å². The predicted molar refractivity (Wildman–Crippen MR) is 115 cm³/mol. The molecule has 0 spiro atoms. The summed E-state index contributed by atoms with van der Waals surface area (Å²) < 4.78 is 42.6. The van der Waals surface area contributed by atoms with E-state index < -0.39 is 15.8 Å². The van der Waals surface area contributed by atoms with Gasteiger partial charge in [0.15, 0.2) is 0 Å². The molecule has 0 aromatic heterocycles. The second kappa shape index (κ2) is 8.12. The topological polar surface area (TPSA) is 57.7 Å². The molecule has 7 heteroatoms. The zero-order valence-electron chi connectivity index (χ0n) is 17.4. The average Bonchev–Trinajstić information content (AvgIpc) is 2.73. The third-order valence-electron chi connectivity index (χ3n) is 6.06. The maximum atomic E-state index is 14.7. The van der Waals surface area contributed by atoms with Gasteiger partial charge in [-0.1, -0.05) is 18.6 Å². The van der Waals surface area contributed by atoms with Gasteiger partial charge in [-0.3, -0.25) is 4.79 Å². The summed E-state index contributed by atoms with van der Waals surface area (Å²) in [5.41, 5.74) is 2.21. The fraction of sp³-hybridized carbons (Fsp3) is 0.435. The van der Waals surface area contributed by atoms with Crippen molar-refractivity contribution >= 4 is 21.6 Å². The van der Waals surface area contributed by atoms with Gasteiger partial charge in [0.2, 0.25) is 10.0 Å².